The topological polar surface area (TPSA) is 30.7 Å². The van der Waals surface area contributed by atoms with E-state index in [4.69, 9.17) is 11.6 Å². The Morgan fingerprint density at radius 1 is 1.38 bits per heavy atom. The van der Waals surface area contributed by atoms with Crippen molar-refractivity contribution in [3.05, 3.63) is 22.5 Å². The van der Waals surface area contributed by atoms with Crippen molar-refractivity contribution in [2.75, 3.05) is 0 Å². The molecule has 2 aromatic heterocycles. The Kier molecular flexibility index (Phi) is 2.34. The van der Waals surface area contributed by atoms with Gasteiger partial charge in [-0.1, -0.05) is 11.6 Å². The van der Waals surface area contributed by atoms with E-state index in [1.54, 1.807) is 14.0 Å². The largest absolute Gasteiger partial charge is 0.417 e. The number of alkyl halides is 3. The van der Waals surface area contributed by atoms with Crippen molar-refractivity contribution in [1.29, 1.82) is 0 Å². The maximum absolute atomic E-state index is 12.8. The van der Waals surface area contributed by atoms with E-state index in [1.165, 1.54) is 4.68 Å². The predicted octanol–water partition coefficient (Wildman–Crippen LogP) is 2.95. The van der Waals surface area contributed by atoms with Crippen molar-refractivity contribution in [2.45, 2.75) is 13.1 Å². The zero-order valence-electron chi connectivity index (χ0n) is 8.43. The zero-order chi connectivity index (χ0) is 12.1. The van der Waals surface area contributed by atoms with Gasteiger partial charge in [-0.3, -0.25) is 4.68 Å². The fourth-order valence-electron chi connectivity index (χ4n) is 1.53. The van der Waals surface area contributed by atoms with Crippen molar-refractivity contribution in [1.82, 2.24) is 14.8 Å². The van der Waals surface area contributed by atoms with Crippen LogP contribution in [0.5, 0.6) is 0 Å². The zero-order valence-corrected chi connectivity index (χ0v) is 9.19. The Bertz CT molecular complexity index is 559. The minimum atomic E-state index is -4.46. The number of fused-ring (bicyclic) bond motifs is 1. The fourth-order valence-corrected chi connectivity index (χ4v) is 1.72. The van der Waals surface area contributed by atoms with Crippen LogP contribution < -0.4 is 0 Å². The van der Waals surface area contributed by atoms with E-state index in [1.807, 2.05) is 0 Å². The second-order valence-electron chi connectivity index (χ2n) is 3.40. The van der Waals surface area contributed by atoms with E-state index in [-0.39, 0.29) is 16.2 Å². The molecule has 0 bridgehead atoms. The summed E-state index contributed by atoms with van der Waals surface area (Å²) >= 11 is 5.53. The third kappa shape index (κ3) is 1.63. The van der Waals surface area contributed by atoms with E-state index >= 15 is 0 Å². The van der Waals surface area contributed by atoms with E-state index in [0.29, 0.717) is 5.69 Å². The number of pyridine rings is 1. The number of hydrogen-bond acceptors (Lipinski definition) is 2. The van der Waals surface area contributed by atoms with E-state index in [9.17, 15) is 13.2 Å². The van der Waals surface area contributed by atoms with Gasteiger partial charge in [-0.15, -0.1) is 0 Å². The van der Waals surface area contributed by atoms with Gasteiger partial charge >= 0.3 is 6.18 Å². The first-order valence-corrected chi connectivity index (χ1v) is 4.75. The van der Waals surface area contributed by atoms with E-state index < -0.39 is 11.7 Å². The number of hydrogen-bond donors (Lipinski definition) is 0. The van der Waals surface area contributed by atoms with Crippen molar-refractivity contribution in [2.24, 2.45) is 7.05 Å². The molecule has 0 fully saturated rings. The lowest BCUT2D eigenvalue weighted by atomic mass is 10.1. The number of halogens is 4. The summed E-state index contributed by atoms with van der Waals surface area (Å²) in [4.78, 5) is 3.76. The average molecular weight is 250 g/mol. The van der Waals surface area contributed by atoms with Crippen LogP contribution in [0.2, 0.25) is 5.15 Å². The summed E-state index contributed by atoms with van der Waals surface area (Å²) in [5.41, 5.74) is -0.376. The van der Waals surface area contributed by atoms with Gasteiger partial charge in [0.05, 0.1) is 10.9 Å². The summed E-state index contributed by atoms with van der Waals surface area (Å²) in [5.74, 6) is 0. The maximum Gasteiger partial charge on any atom is 0.417 e. The smallest absolute Gasteiger partial charge is 0.270 e. The second-order valence-corrected chi connectivity index (χ2v) is 3.79. The third-order valence-electron chi connectivity index (χ3n) is 2.37. The summed E-state index contributed by atoms with van der Waals surface area (Å²) < 4.78 is 39.6. The lowest BCUT2D eigenvalue weighted by molar-refractivity contribution is -0.136. The molecule has 2 rings (SSSR count). The molecular weight excluding hydrogens is 243 g/mol. The highest BCUT2D eigenvalue weighted by molar-refractivity contribution is 6.29. The number of aryl methyl sites for hydroxylation is 2. The molecule has 16 heavy (non-hydrogen) atoms. The SMILES string of the molecule is Cc1c2c(C(F)(F)F)cc(Cl)nc2nn1C. The van der Waals surface area contributed by atoms with Crippen molar-refractivity contribution in [3.63, 3.8) is 0 Å². The Labute approximate surface area is 93.8 Å². The molecule has 86 valence electrons. The van der Waals surface area contributed by atoms with Gasteiger partial charge in [0, 0.05) is 12.7 Å². The number of rotatable bonds is 0. The monoisotopic (exact) mass is 249 g/mol. The molecule has 0 aliphatic heterocycles. The summed E-state index contributed by atoms with van der Waals surface area (Å²) in [5, 5.41) is 3.66. The first kappa shape index (κ1) is 11.2. The second kappa shape index (κ2) is 3.35. The molecule has 0 amide bonds. The first-order chi connectivity index (χ1) is 7.30. The summed E-state index contributed by atoms with van der Waals surface area (Å²) in [6.07, 6.45) is -4.46. The Morgan fingerprint density at radius 2 is 2.00 bits per heavy atom. The molecule has 0 atom stereocenters. The molecule has 2 aromatic rings. The lowest BCUT2D eigenvalue weighted by Gasteiger charge is -2.08. The maximum atomic E-state index is 12.8. The highest BCUT2D eigenvalue weighted by Crippen LogP contribution is 2.36. The van der Waals surface area contributed by atoms with Crippen molar-refractivity contribution < 1.29 is 13.2 Å². The molecule has 0 saturated carbocycles. The van der Waals surface area contributed by atoms with Crippen LogP contribution in [0.3, 0.4) is 0 Å². The van der Waals surface area contributed by atoms with Gasteiger partial charge in [-0.2, -0.15) is 18.3 Å². The minimum Gasteiger partial charge on any atom is -0.270 e. The van der Waals surface area contributed by atoms with Crippen LogP contribution in [0.15, 0.2) is 6.07 Å². The molecule has 0 aromatic carbocycles. The van der Waals surface area contributed by atoms with Gasteiger partial charge in [-0.05, 0) is 13.0 Å². The molecular formula is C9H7ClF3N3. The standard InChI is InChI=1S/C9H7ClF3N3/c1-4-7-5(9(11,12)13)3-6(10)14-8(7)15-16(4)2/h3H,1-2H3. The average Bonchev–Trinajstić information content (AvgIpc) is 2.39. The van der Waals surface area contributed by atoms with Crippen LogP contribution >= 0.6 is 11.6 Å². The van der Waals surface area contributed by atoms with Crippen LogP contribution in [0, 0.1) is 6.92 Å². The third-order valence-corrected chi connectivity index (χ3v) is 2.56. The summed E-state index contributed by atoms with van der Waals surface area (Å²) in [6.45, 7) is 1.56. The van der Waals surface area contributed by atoms with Gasteiger partial charge in [0.25, 0.3) is 0 Å². The lowest BCUT2D eigenvalue weighted by Crippen LogP contribution is -2.06. The van der Waals surface area contributed by atoms with Gasteiger partial charge < -0.3 is 0 Å². The highest BCUT2D eigenvalue weighted by atomic mass is 35.5. The van der Waals surface area contributed by atoms with Crippen molar-refractivity contribution in [3.8, 4) is 0 Å². The van der Waals surface area contributed by atoms with Gasteiger partial charge in [0.2, 0.25) is 0 Å². The molecule has 0 aliphatic carbocycles. The molecule has 0 unspecified atom stereocenters. The van der Waals surface area contributed by atoms with Crippen LogP contribution in [-0.4, -0.2) is 14.8 Å². The predicted molar refractivity (Wildman–Crippen MR) is 53.3 cm³/mol. The van der Waals surface area contributed by atoms with Crippen LogP contribution in [-0.2, 0) is 13.2 Å². The van der Waals surface area contributed by atoms with Gasteiger partial charge in [0.15, 0.2) is 5.65 Å². The minimum absolute atomic E-state index is 0.000556. The Morgan fingerprint density at radius 3 is 2.56 bits per heavy atom. The molecule has 0 radical (unpaired) electrons. The van der Waals surface area contributed by atoms with Gasteiger partial charge in [0.1, 0.15) is 5.15 Å². The van der Waals surface area contributed by atoms with Crippen molar-refractivity contribution >= 4 is 22.6 Å². The molecule has 0 saturated heterocycles. The Balaban J connectivity index is 2.91. The normalized spacial score (nSPS) is 12.4. The molecule has 0 spiro atoms. The number of nitrogens with zero attached hydrogens (tertiary/aromatic N) is 3. The Hall–Kier alpha value is -1.30. The van der Waals surface area contributed by atoms with Crippen LogP contribution in [0.1, 0.15) is 11.3 Å². The summed E-state index contributed by atoms with van der Waals surface area (Å²) in [6, 6.07) is 0.818. The molecule has 2 heterocycles. The first-order valence-electron chi connectivity index (χ1n) is 4.37. The van der Waals surface area contributed by atoms with E-state index in [2.05, 4.69) is 10.1 Å². The molecule has 7 heteroatoms. The van der Waals surface area contributed by atoms with Crippen LogP contribution in [0.4, 0.5) is 13.2 Å². The quantitative estimate of drug-likeness (QED) is 0.672. The highest BCUT2D eigenvalue weighted by Gasteiger charge is 2.35. The van der Waals surface area contributed by atoms with Gasteiger partial charge in [-0.25, -0.2) is 4.98 Å². The molecule has 3 nitrogen and oxygen atoms in total. The summed E-state index contributed by atoms with van der Waals surface area (Å²) in [7, 11) is 1.56. The number of aromatic nitrogens is 3. The van der Waals surface area contributed by atoms with E-state index in [0.717, 1.165) is 6.07 Å². The fraction of sp³-hybridized carbons (Fsp3) is 0.333. The molecule has 0 N–H and O–H groups in total. The molecule has 0 aliphatic rings. The van der Waals surface area contributed by atoms with Crippen LogP contribution in [0.25, 0.3) is 11.0 Å².